The van der Waals surface area contributed by atoms with Crippen LogP contribution in [0, 0.1) is 0 Å². The first-order chi connectivity index (χ1) is 15.6. The molecule has 164 valence electrons. The van der Waals surface area contributed by atoms with E-state index < -0.39 is 5.79 Å². The Morgan fingerprint density at radius 1 is 1.03 bits per heavy atom. The first-order valence-corrected chi connectivity index (χ1v) is 10.8. The molecule has 0 N–H and O–H groups in total. The summed E-state index contributed by atoms with van der Waals surface area (Å²) >= 11 is 12.6. The average Bonchev–Trinajstić information content (AvgIpc) is 3.56. The molecule has 2 atom stereocenters. The molecule has 2 aromatic carbocycles. The summed E-state index contributed by atoms with van der Waals surface area (Å²) < 4.78 is 22.4. The standard InChI is InChI=1S/C23H20Cl2N4O3/c24-17-1-6-21(22(25)11-17)23(14-28-9-7-26-15-28)31-13-20(32-23)12-30-19-4-2-18(3-5-19)29-10-8-27-16-29/h1-11,15-16,20H,12-14H2. The van der Waals surface area contributed by atoms with Crippen molar-refractivity contribution in [3.63, 3.8) is 0 Å². The van der Waals surface area contributed by atoms with Crippen LogP contribution in [0.3, 0.4) is 0 Å². The Balaban J connectivity index is 1.30. The van der Waals surface area contributed by atoms with Gasteiger partial charge in [-0.25, -0.2) is 9.97 Å². The molecule has 3 heterocycles. The maximum atomic E-state index is 6.51. The molecule has 1 aliphatic rings. The summed E-state index contributed by atoms with van der Waals surface area (Å²) in [7, 11) is 0. The van der Waals surface area contributed by atoms with Gasteiger partial charge >= 0.3 is 0 Å². The molecule has 1 fully saturated rings. The largest absolute Gasteiger partial charge is 0.491 e. The molecule has 0 amide bonds. The van der Waals surface area contributed by atoms with Crippen molar-refractivity contribution in [3.05, 3.63) is 95.5 Å². The van der Waals surface area contributed by atoms with Crippen molar-refractivity contribution in [2.45, 2.75) is 18.4 Å². The van der Waals surface area contributed by atoms with Crippen LogP contribution in [0.25, 0.3) is 5.69 Å². The molecule has 2 unspecified atom stereocenters. The van der Waals surface area contributed by atoms with E-state index in [4.69, 9.17) is 37.4 Å². The van der Waals surface area contributed by atoms with Gasteiger partial charge in [0.05, 0.1) is 30.8 Å². The number of ether oxygens (including phenoxy) is 3. The summed E-state index contributed by atoms with van der Waals surface area (Å²) in [5.74, 6) is -0.323. The number of imidazole rings is 2. The lowest BCUT2D eigenvalue weighted by Crippen LogP contribution is -2.34. The SMILES string of the molecule is Clc1ccc(C2(Cn3ccnc3)OCC(COc3ccc(-n4ccnc4)cc3)O2)c(Cl)c1. The monoisotopic (exact) mass is 470 g/mol. The predicted molar refractivity (Wildman–Crippen MR) is 120 cm³/mol. The Hall–Kier alpha value is -2.84. The van der Waals surface area contributed by atoms with E-state index in [1.54, 1.807) is 37.2 Å². The Labute approximate surface area is 195 Å². The van der Waals surface area contributed by atoms with Crippen LogP contribution in [0.4, 0.5) is 0 Å². The van der Waals surface area contributed by atoms with E-state index in [9.17, 15) is 0 Å². The molecule has 0 radical (unpaired) electrons. The van der Waals surface area contributed by atoms with Gasteiger partial charge < -0.3 is 23.3 Å². The summed E-state index contributed by atoms with van der Waals surface area (Å²) in [6.07, 6.45) is 10.4. The highest BCUT2D eigenvalue weighted by molar-refractivity contribution is 6.35. The summed E-state index contributed by atoms with van der Waals surface area (Å²) in [4.78, 5) is 8.18. The second-order valence-corrected chi connectivity index (χ2v) is 8.28. The van der Waals surface area contributed by atoms with E-state index in [0.29, 0.717) is 35.4 Å². The van der Waals surface area contributed by atoms with Gasteiger partial charge in [0.1, 0.15) is 18.5 Å². The Kier molecular flexibility index (Phi) is 5.89. The highest BCUT2D eigenvalue weighted by Gasteiger charge is 2.45. The smallest absolute Gasteiger partial charge is 0.215 e. The zero-order chi connectivity index (χ0) is 22.0. The lowest BCUT2D eigenvalue weighted by Gasteiger charge is -2.30. The predicted octanol–water partition coefficient (Wildman–Crippen LogP) is 4.72. The van der Waals surface area contributed by atoms with Crippen LogP contribution < -0.4 is 4.74 Å². The number of benzene rings is 2. The van der Waals surface area contributed by atoms with Crippen LogP contribution >= 0.6 is 23.2 Å². The van der Waals surface area contributed by atoms with Crippen molar-refractivity contribution in [2.24, 2.45) is 0 Å². The van der Waals surface area contributed by atoms with E-state index in [1.807, 2.05) is 51.9 Å². The Morgan fingerprint density at radius 3 is 2.56 bits per heavy atom. The van der Waals surface area contributed by atoms with Crippen molar-refractivity contribution in [1.82, 2.24) is 19.1 Å². The van der Waals surface area contributed by atoms with Gasteiger partial charge in [-0.1, -0.05) is 29.3 Å². The van der Waals surface area contributed by atoms with E-state index >= 15 is 0 Å². The van der Waals surface area contributed by atoms with Gasteiger partial charge in [0, 0.05) is 41.1 Å². The lowest BCUT2D eigenvalue weighted by molar-refractivity contribution is -0.189. The van der Waals surface area contributed by atoms with Gasteiger partial charge in [-0.2, -0.15) is 0 Å². The van der Waals surface area contributed by atoms with Crippen LogP contribution in [-0.2, 0) is 21.8 Å². The van der Waals surface area contributed by atoms with Crippen LogP contribution in [0.15, 0.2) is 79.9 Å². The molecule has 0 saturated carbocycles. The molecule has 9 heteroatoms. The third-order valence-corrected chi connectivity index (χ3v) is 5.77. The van der Waals surface area contributed by atoms with Gasteiger partial charge in [-0.05, 0) is 36.4 Å². The molecular formula is C23H20Cl2N4O3. The van der Waals surface area contributed by atoms with Gasteiger partial charge in [0.15, 0.2) is 0 Å². The van der Waals surface area contributed by atoms with E-state index in [0.717, 1.165) is 11.4 Å². The van der Waals surface area contributed by atoms with E-state index in [-0.39, 0.29) is 6.10 Å². The molecule has 2 aromatic heterocycles. The summed E-state index contributed by atoms with van der Waals surface area (Å²) in [6, 6.07) is 13.1. The van der Waals surface area contributed by atoms with Crippen LogP contribution in [0.1, 0.15) is 5.56 Å². The highest BCUT2D eigenvalue weighted by Crippen LogP contribution is 2.40. The summed E-state index contributed by atoms with van der Waals surface area (Å²) in [5, 5.41) is 1.03. The molecule has 4 aromatic rings. The molecular weight excluding hydrogens is 451 g/mol. The number of nitrogens with zero attached hydrogens (tertiary/aromatic N) is 4. The summed E-state index contributed by atoms with van der Waals surface area (Å²) in [5.41, 5.74) is 1.72. The minimum atomic E-state index is -1.07. The van der Waals surface area contributed by atoms with Crippen LogP contribution in [0.5, 0.6) is 5.75 Å². The molecule has 7 nitrogen and oxygen atoms in total. The second-order valence-electron chi connectivity index (χ2n) is 7.44. The van der Waals surface area contributed by atoms with Crippen molar-refractivity contribution in [2.75, 3.05) is 13.2 Å². The number of aromatic nitrogens is 4. The van der Waals surface area contributed by atoms with Crippen molar-refractivity contribution in [1.29, 1.82) is 0 Å². The van der Waals surface area contributed by atoms with Crippen molar-refractivity contribution >= 4 is 23.2 Å². The van der Waals surface area contributed by atoms with Gasteiger partial charge in [-0.15, -0.1) is 0 Å². The Morgan fingerprint density at radius 2 is 1.84 bits per heavy atom. The highest BCUT2D eigenvalue weighted by atomic mass is 35.5. The van der Waals surface area contributed by atoms with E-state index in [2.05, 4.69) is 9.97 Å². The molecule has 1 saturated heterocycles. The minimum absolute atomic E-state index is 0.279. The third-order valence-electron chi connectivity index (χ3n) is 5.23. The van der Waals surface area contributed by atoms with Gasteiger partial charge in [0.25, 0.3) is 0 Å². The van der Waals surface area contributed by atoms with Crippen LogP contribution in [-0.4, -0.2) is 38.4 Å². The molecule has 5 rings (SSSR count). The Bertz CT molecular complexity index is 1170. The first-order valence-electron chi connectivity index (χ1n) is 10.1. The lowest BCUT2D eigenvalue weighted by atomic mass is 10.1. The molecule has 0 bridgehead atoms. The number of rotatable bonds is 7. The molecule has 0 spiro atoms. The third kappa shape index (κ3) is 4.38. The zero-order valence-corrected chi connectivity index (χ0v) is 18.5. The number of hydrogen-bond acceptors (Lipinski definition) is 5. The fourth-order valence-corrected chi connectivity index (χ4v) is 4.24. The number of hydrogen-bond donors (Lipinski definition) is 0. The van der Waals surface area contributed by atoms with E-state index in [1.165, 1.54) is 0 Å². The first kappa shape index (κ1) is 21.0. The average molecular weight is 471 g/mol. The van der Waals surface area contributed by atoms with Crippen molar-refractivity contribution in [3.8, 4) is 11.4 Å². The topological polar surface area (TPSA) is 63.3 Å². The fourth-order valence-electron chi connectivity index (χ4n) is 3.69. The van der Waals surface area contributed by atoms with Gasteiger partial charge in [0.2, 0.25) is 5.79 Å². The van der Waals surface area contributed by atoms with Crippen molar-refractivity contribution < 1.29 is 14.2 Å². The maximum absolute atomic E-state index is 6.51. The molecule has 32 heavy (non-hydrogen) atoms. The maximum Gasteiger partial charge on any atom is 0.215 e. The normalized spacial score (nSPS) is 20.5. The van der Waals surface area contributed by atoms with Crippen LogP contribution in [0.2, 0.25) is 10.0 Å². The quantitative estimate of drug-likeness (QED) is 0.390. The van der Waals surface area contributed by atoms with Gasteiger partial charge in [-0.3, -0.25) is 0 Å². The second kappa shape index (κ2) is 8.96. The number of halogens is 2. The summed E-state index contributed by atoms with van der Waals surface area (Å²) in [6.45, 7) is 1.09. The zero-order valence-electron chi connectivity index (χ0n) is 17.0. The fraction of sp³-hybridized carbons (Fsp3) is 0.217. The molecule has 1 aliphatic heterocycles. The molecule has 0 aliphatic carbocycles. The minimum Gasteiger partial charge on any atom is -0.491 e.